The Bertz CT molecular complexity index is 1330. The zero-order valence-electron chi connectivity index (χ0n) is 20.9. The van der Waals surface area contributed by atoms with Crippen LogP contribution in [0.15, 0.2) is 30.5 Å². The molecule has 1 fully saturated rings. The topological polar surface area (TPSA) is 50.6 Å². The Morgan fingerprint density at radius 2 is 2.00 bits per heavy atom. The van der Waals surface area contributed by atoms with Gasteiger partial charge < -0.3 is 9.64 Å². The number of ether oxygens (including phenoxy) is 1. The summed E-state index contributed by atoms with van der Waals surface area (Å²) in [5.41, 5.74) is 1.95. The number of benzene rings is 1. The molecule has 0 unspecified atom stereocenters. The van der Waals surface area contributed by atoms with E-state index in [9.17, 15) is 18.0 Å². The van der Waals surface area contributed by atoms with Crippen molar-refractivity contribution >= 4 is 28.8 Å². The van der Waals surface area contributed by atoms with Crippen molar-refractivity contribution in [3.8, 4) is 5.69 Å². The molecule has 11 heteroatoms. The Morgan fingerprint density at radius 3 is 2.70 bits per heavy atom. The van der Waals surface area contributed by atoms with Crippen LogP contribution in [0.3, 0.4) is 0 Å². The van der Waals surface area contributed by atoms with E-state index in [1.54, 1.807) is 23.9 Å². The summed E-state index contributed by atoms with van der Waals surface area (Å²) in [4.78, 5) is 16.0. The van der Waals surface area contributed by atoms with E-state index in [2.05, 4.69) is 10.00 Å². The highest BCUT2D eigenvalue weighted by Crippen LogP contribution is 2.52. The van der Waals surface area contributed by atoms with E-state index in [0.29, 0.717) is 52.9 Å². The number of para-hydroxylation sites is 1. The summed E-state index contributed by atoms with van der Waals surface area (Å²) < 4.78 is 51.5. The molecule has 6 nitrogen and oxygen atoms in total. The minimum atomic E-state index is -3.03. The smallest absolute Gasteiger partial charge is 0.297 e. The molecule has 2 aliphatic heterocycles. The summed E-state index contributed by atoms with van der Waals surface area (Å²) in [5.74, 6) is -3.56. The highest BCUT2D eigenvalue weighted by Gasteiger charge is 2.51. The number of aromatic nitrogens is 2. The highest BCUT2D eigenvalue weighted by atomic mass is 35.5. The first-order chi connectivity index (χ1) is 17.5. The molecule has 0 saturated carbocycles. The first-order valence-corrected chi connectivity index (χ1v) is 13.3. The summed E-state index contributed by atoms with van der Waals surface area (Å²) >= 11 is 7.30. The van der Waals surface area contributed by atoms with E-state index in [1.165, 1.54) is 35.3 Å². The molecule has 37 heavy (non-hydrogen) atoms. The third-order valence-corrected chi connectivity index (χ3v) is 8.79. The van der Waals surface area contributed by atoms with Gasteiger partial charge in [0.25, 0.3) is 5.92 Å². The van der Waals surface area contributed by atoms with Crippen LogP contribution in [0.5, 0.6) is 0 Å². The lowest BCUT2D eigenvalue weighted by molar-refractivity contribution is -0.182. The molecule has 0 radical (unpaired) electrons. The lowest BCUT2D eigenvalue weighted by Crippen LogP contribution is -2.48. The van der Waals surface area contributed by atoms with Crippen molar-refractivity contribution in [2.24, 2.45) is 0 Å². The number of aryl methyl sites for hydroxylation is 1. The number of hydrogen-bond donors (Lipinski definition) is 0. The number of carbonyl (C=O) groups is 1. The van der Waals surface area contributed by atoms with Gasteiger partial charge in [-0.15, -0.1) is 11.3 Å². The fourth-order valence-electron chi connectivity index (χ4n) is 5.10. The van der Waals surface area contributed by atoms with Crippen LogP contribution in [-0.4, -0.2) is 52.2 Å². The molecule has 198 valence electrons. The fraction of sp³-hybridized carbons (Fsp3) is 0.462. The average molecular weight is 553 g/mol. The summed E-state index contributed by atoms with van der Waals surface area (Å²) in [7, 11) is 1.67. The van der Waals surface area contributed by atoms with Crippen molar-refractivity contribution in [1.29, 1.82) is 0 Å². The normalized spacial score (nSPS) is 18.7. The molecule has 0 atom stereocenters. The largest absolute Gasteiger partial charge is 0.363 e. The molecule has 3 aromatic rings. The molecule has 2 aliphatic rings. The van der Waals surface area contributed by atoms with Gasteiger partial charge in [0.1, 0.15) is 23.7 Å². The monoisotopic (exact) mass is 552 g/mol. The number of halogens is 4. The number of hydrogen-bond acceptors (Lipinski definition) is 5. The van der Waals surface area contributed by atoms with Gasteiger partial charge in [-0.2, -0.15) is 13.9 Å². The number of likely N-dealkylation sites (tertiary alicyclic amines) is 1. The number of nitrogens with zero attached hydrogens (tertiary/aromatic N) is 4. The second-order valence-electron chi connectivity index (χ2n) is 9.86. The molecule has 5 rings (SSSR count). The first kappa shape index (κ1) is 26.2. The summed E-state index contributed by atoms with van der Waals surface area (Å²) in [6.07, 6.45) is 2.98. The molecule has 0 bridgehead atoms. The molecule has 1 spiro atoms. The van der Waals surface area contributed by atoms with Crippen LogP contribution in [0.1, 0.15) is 47.0 Å². The summed E-state index contributed by atoms with van der Waals surface area (Å²) in [6, 6.07) is 6.17. The maximum absolute atomic E-state index is 14.9. The van der Waals surface area contributed by atoms with Crippen molar-refractivity contribution in [1.82, 2.24) is 19.6 Å². The second-order valence-corrected chi connectivity index (χ2v) is 11.5. The van der Waals surface area contributed by atoms with Crippen LogP contribution in [0.2, 0.25) is 4.34 Å². The van der Waals surface area contributed by atoms with E-state index in [0.717, 1.165) is 11.3 Å². The van der Waals surface area contributed by atoms with Crippen molar-refractivity contribution in [2.45, 2.75) is 51.3 Å². The van der Waals surface area contributed by atoms with Crippen LogP contribution >= 0.6 is 22.9 Å². The molecule has 2 aromatic heterocycles. The average Bonchev–Trinajstić information content (AvgIpc) is 3.42. The maximum atomic E-state index is 14.9. The van der Waals surface area contributed by atoms with Gasteiger partial charge in [0.15, 0.2) is 0 Å². The van der Waals surface area contributed by atoms with Crippen molar-refractivity contribution in [3.63, 3.8) is 0 Å². The second kappa shape index (κ2) is 9.72. The zero-order valence-corrected chi connectivity index (χ0v) is 22.4. The van der Waals surface area contributed by atoms with E-state index in [4.69, 9.17) is 16.3 Å². The Kier molecular flexibility index (Phi) is 6.89. The zero-order chi connectivity index (χ0) is 26.5. The fourth-order valence-corrected chi connectivity index (χ4v) is 6.58. The van der Waals surface area contributed by atoms with Crippen LogP contribution < -0.4 is 0 Å². The van der Waals surface area contributed by atoms with Crippen LogP contribution in [0.25, 0.3) is 5.69 Å². The van der Waals surface area contributed by atoms with Crippen LogP contribution in [0, 0.1) is 12.7 Å². The van der Waals surface area contributed by atoms with E-state index >= 15 is 0 Å². The Morgan fingerprint density at radius 1 is 1.27 bits per heavy atom. The number of amides is 1. The van der Waals surface area contributed by atoms with Gasteiger partial charge in [0, 0.05) is 67.9 Å². The van der Waals surface area contributed by atoms with Gasteiger partial charge in [-0.3, -0.25) is 9.69 Å². The molecule has 1 amide bonds. The van der Waals surface area contributed by atoms with Gasteiger partial charge in [-0.05, 0) is 31.9 Å². The number of carbonyl (C=O) groups excluding carboxylic acids is 1. The summed E-state index contributed by atoms with van der Waals surface area (Å²) in [5, 5.41) is 4.58. The lowest BCUT2D eigenvalue weighted by atomic mass is 9.84. The summed E-state index contributed by atoms with van der Waals surface area (Å²) in [6.45, 7) is 4.87. The van der Waals surface area contributed by atoms with Gasteiger partial charge in [0.05, 0.1) is 10.0 Å². The van der Waals surface area contributed by atoms with E-state index in [1.807, 2.05) is 13.1 Å². The lowest BCUT2D eigenvalue weighted by Gasteiger charge is -2.45. The Labute approximate surface area is 222 Å². The van der Waals surface area contributed by atoms with Crippen molar-refractivity contribution in [2.75, 3.05) is 26.7 Å². The maximum Gasteiger partial charge on any atom is 0.297 e. The van der Waals surface area contributed by atoms with Crippen molar-refractivity contribution < 1.29 is 22.7 Å². The minimum Gasteiger partial charge on any atom is -0.363 e. The molecule has 1 saturated heterocycles. The number of rotatable bonds is 5. The highest BCUT2D eigenvalue weighted by molar-refractivity contribution is 7.16. The quantitative estimate of drug-likeness (QED) is 0.412. The minimum absolute atomic E-state index is 0.00423. The Hall–Kier alpha value is -2.40. The van der Waals surface area contributed by atoms with Crippen LogP contribution in [0.4, 0.5) is 13.2 Å². The molecule has 4 heterocycles. The Balaban J connectivity index is 1.33. The third-order valence-electron chi connectivity index (χ3n) is 7.34. The van der Waals surface area contributed by atoms with E-state index in [-0.39, 0.29) is 18.0 Å². The predicted octanol–water partition coefficient (Wildman–Crippen LogP) is 5.63. The standard InChI is InChI=1S/C26H28ClF3N4O2S/c1-16-19(14-34(31-16)23-18(5-4-6-21(23)28)12-32(3)17(2)35)13-33-9-7-25(8-10-33)24-20(11-22(27)37-24)26(29,30)15-36-25/h4-6,11,14H,7-10,12-13,15H2,1-3H3. The molecule has 1 aromatic carbocycles. The number of thiophene rings is 1. The molecule has 0 aliphatic carbocycles. The van der Waals surface area contributed by atoms with Gasteiger partial charge in [0.2, 0.25) is 5.91 Å². The number of fused-ring (bicyclic) bond motifs is 2. The molecule has 0 N–H and O–H groups in total. The molecular formula is C26H28ClF3N4O2S. The van der Waals surface area contributed by atoms with E-state index < -0.39 is 23.9 Å². The van der Waals surface area contributed by atoms with Gasteiger partial charge in [-0.25, -0.2) is 9.07 Å². The molecular weight excluding hydrogens is 525 g/mol. The number of piperidine rings is 1. The van der Waals surface area contributed by atoms with Gasteiger partial charge in [-0.1, -0.05) is 23.7 Å². The van der Waals surface area contributed by atoms with Gasteiger partial charge >= 0.3 is 0 Å². The number of alkyl halides is 2. The first-order valence-electron chi connectivity index (χ1n) is 12.1. The SMILES string of the molecule is CC(=O)N(C)Cc1cccc(F)c1-n1cc(CN2CCC3(CC2)OCC(F)(F)c2cc(Cl)sc23)c(C)n1. The third kappa shape index (κ3) is 4.92. The van der Waals surface area contributed by atoms with Crippen LogP contribution in [-0.2, 0) is 34.1 Å². The predicted molar refractivity (Wildman–Crippen MR) is 136 cm³/mol. The van der Waals surface area contributed by atoms with Crippen molar-refractivity contribution in [3.05, 3.63) is 67.9 Å².